The number of nitrogens with one attached hydrogen (secondary N) is 1. The van der Waals surface area contributed by atoms with E-state index >= 15 is 0 Å². The molecule has 1 aromatic heterocycles. The van der Waals surface area contributed by atoms with Gasteiger partial charge in [-0.3, -0.25) is 4.79 Å². The van der Waals surface area contributed by atoms with E-state index in [1.165, 1.54) is 11.8 Å². The fraction of sp³-hybridized carbons (Fsp3) is 0.286. The van der Waals surface area contributed by atoms with Gasteiger partial charge in [0, 0.05) is 22.8 Å². The second kappa shape index (κ2) is 11.0. The molecule has 0 radical (unpaired) electrons. The normalized spacial score (nSPS) is 10.9. The number of hydrogen-bond donors (Lipinski definition) is 1. The van der Waals surface area contributed by atoms with Crippen molar-refractivity contribution in [2.24, 2.45) is 0 Å². The van der Waals surface area contributed by atoms with Gasteiger partial charge < -0.3 is 19.4 Å². The summed E-state index contributed by atoms with van der Waals surface area (Å²) in [7, 11) is 4.07. The average Bonchev–Trinajstić information content (AvgIpc) is 3.20. The summed E-state index contributed by atoms with van der Waals surface area (Å²) in [5.41, 5.74) is 1.47. The van der Waals surface area contributed by atoms with Crippen LogP contribution in [-0.2, 0) is 4.79 Å². The highest BCUT2D eigenvalue weighted by molar-refractivity contribution is 7.99. The van der Waals surface area contributed by atoms with E-state index < -0.39 is 0 Å². The lowest BCUT2D eigenvalue weighted by Gasteiger charge is -2.11. The Bertz CT molecular complexity index is 946. The Morgan fingerprint density at radius 2 is 1.87 bits per heavy atom. The van der Waals surface area contributed by atoms with Crippen molar-refractivity contribution in [3.8, 4) is 17.2 Å². The van der Waals surface area contributed by atoms with Gasteiger partial charge in [0.25, 0.3) is 5.22 Å². The van der Waals surface area contributed by atoms with Crippen molar-refractivity contribution in [3.63, 3.8) is 0 Å². The topological polar surface area (TPSA) is 80.5 Å². The van der Waals surface area contributed by atoms with Crippen LogP contribution >= 0.6 is 23.4 Å². The minimum absolute atomic E-state index is 0.158. The average molecular weight is 447 g/mol. The maximum atomic E-state index is 12.2. The molecule has 1 heterocycles. The van der Waals surface area contributed by atoms with Gasteiger partial charge in [0.05, 0.1) is 12.4 Å². The lowest BCUT2D eigenvalue weighted by molar-refractivity contribution is -0.113. The Labute approximate surface area is 184 Å². The van der Waals surface area contributed by atoms with Gasteiger partial charge in [-0.1, -0.05) is 23.4 Å². The lowest BCUT2D eigenvalue weighted by Crippen LogP contribution is -2.15. The molecule has 0 aliphatic heterocycles. The highest BCUT2D eigenvalue weighted by Crippen LogP contribution is 2.24. The molecule has 0 saturated carbocycles. The molecule has 30 heavy (non-hydrogen) atoms. The van der Waals surface area contributed by atoms with Crippen LogP contribution in [-0.4, -0.2) is 54.0 Å². The molecule has 0 fully saturated rings. The van der Waals surface area contributed by atoms with Gasteiger partial charge in [0.1, 0.15) is 5.75 Å². The van der Waals surface area contributed by atoms with E-state index in [-0.39, 0.29) is 11.7 Å². The maximum Gasteiger partial charge on any atom is 0.277 e. The molecule has 1 N–H and O–H groups in total. The lowest BCUT2D eigenvalue weighted by atomic mass is 10.2. The van der Waals surface area contributed by atoms with Crippen molar-refractivity contribution >= 4 is 35.0 Å². The quantitative estimate of drug-likeness (QED) is 0.364. The zero-order valence-electron chi connectivity index (χ0n) is 16.8. The molecule has 0 atom stereocenters. The summed E-state index contributed by atoms with van der Waals surface area (Å²) in [5, 5.41) is 11.8. The van der Waals surface area contributed by atoms with Gasteiger partial charge in [-0.25, -0.2) is 0 Å². The Balaban J connectivity index is 1.43. The molecule has 0 unspecified atom stereocenters. The minimum atomic E-state index is -0.161. The predicted octanol–water partition coefficient (Wildman–Crippen LogP) is 4.45. The number of aromatic nitrogens is 2. The van der Waals surface area contributed by atoms with Crippen molar-refractivity contribution < 1.29 is 13.9 Å². The molecule has 0 aliphatic rings. The first kappa shape index (κ1) is 22.1. The third kappa shape index (κ3) is 7.05. The van der Waals surface area contributed by atoms with Crippen LogP contribution in [0, 0.1) is 0 Å². The fourth-order valence-electron chi connectivity index (χ4n) is 2.51. The maximum absolute atomic E-state index is 12.2. The van der Waals surface area contributed by atoms with Crippen molar-refractivity contribution in [2.75, 3.05) is 38.3 Å². The predicted molar refractivity (Wildman–Crippen MR) is 119 cm³/mol. The third-order valence-corrected chi connectivity index (χ3v) is 5.05. The molecule has 3 aromatic rings. The number of anilines is 1. The number of thioether (sulfide) groups is 1. The number of carbonyl (C=O) groups excluding carboxylic acids is 1. The van der Waals surface area contributed by atoms with Crippen LogP contribution in [0.3, 0.4) is 0 Å². The number of nitrogens with zero attached hydrogens (tertiary/aromatic N) is 3. The molecule has 2 aromatic carbocycles. The first-order valence-electron chi connectivity index (χ1n) is 9.39. The minimum Gasteiger partial charge on any atom is -0.494 e. The summed E-state index contributed by atoms with van der Waals surface area (Å²) < 4.78 is 11.3. The van der Waals surface area contributed by atoms with Crippen LogP contribution in [0.1, 0.15) is 6.42 Å². The van der Waals surface area contributed by atoms with Crippen LogP contribution in [0.4, 0.5) is 5.69 Å². The number of hydrogen-bond acceptors (Lipinski definition) is 7. The Hall–Kier alpha value is -2.55. The zero-order valence-corrected chi connectivity index (χ0v) is 18.4. The van der Waals surface area contributed by atoms with Gasteiger partial charge in [0.15, 0.2) is 0 Å². The number of ether oxygens (including phenoxy) is 1. The Kier molecular flexibility index (Phi) is 8.12. The Morgan fingerprint density at radius 3 is 2.57 bits per heavy atom. The van der Waals surface area contributed by atoms with E-state index in [4.69, 9.17) is 20.8 Å². The van der Waals surface area contributed by atoms with Crippen LogP contribution < -0.4 is 10.1 Å². The molecule has 3 rings (SSSR count). The van der Waals surface area contributed by atoms with E-state index in [0.717, 1.165) is 24.3 Å². The second-order valence-electron chi connectivity index (χ2n) is 6.75. The van der Waals surface area contributed by atoms with Crippen molar-refractivity contribution in [2.45, 2.75) is 11.6 Å². The molecule has 0 aliphatic carbocycles. The van der Waals surface area contributed by atoms with Crippen LogP contribution in [0.5, 0.6) is 5.75 Å². The summed E-state index contributed by atoms with van der Waals surface area (Å²) in [6.45, 7) is 1.63. The van der Waals surface area contributed by atoms with Gasteiger partial charge >= 0.3 is 0 Å². The number of carbonyl (C=O) groups is 1. The van der Waals surface area contributed by atoms with Crippen molar-refractivity contribution in [3.05, 3.63) is 53.6 Å². The van der Waals surface area contributed by atoms with Gasteiger partial charge in [-0.05, 0) is 69.0 Å². The summed E-state index contributed by atoms with van der Waals surface area (Å²) in [5.74, 6) is 1.16. The summed E-state index contributed by atoms with van der Waals surface area (Å²) in [6, 6.07) is 14.4. The number of rotatable bonds is 10. The highest BCUT2D eigenvalue weighted by atomic mass is 35.5. The monoisotopic (exact) mass is 446 g/mol. The van der Waals surface area contributed by atoms with E-state index in [0.29, 0.717) is 28.4 Å². The number of benzene rings is 2. The van der Waals surface area contributed by atoms with Crippen LogP contribution in [0.2, 0.25) is 5.02 Å². The SMILES string of the molecule is CN(C)CCCOc1ccc(NC(=O)CSc2nnc(-c3ccc(Cl)cc3)o2)cc1. The van der Waals surface area contributed by atoms with Gasteiger partial charge in [-0.2, -0.15) is 0 Å². The smallest absolute Gasteiger partial charge is 0.277 e. The molecule has 158 valence electrons. The fourth-order valence-corrected chi connectivity index (χ4v) is 3.20. The van der Waals surface area contributed by atoms with Crippen molar-refractivity contribution in [1.29, 1.82) is 0 Å². The molecule has 0 bridgehead atoms. The highest BCUT2D eigenvalue weighted by Gasteiger charge is 2.11. The molecule has 0 saturated heterocycles. The third-order valence-electron chi connectivity index (χ3n) is 3.98. The number of halogens is 1. The van der Waals surface area contributed by atoms with Crippen LogP contribution in [0.15, 0.2) is 58.2 Å². The van der Waals surface area contributed by atoms with E-state index in [2.05, 4.69) is 20.4 Å². The Morgan fingerprint density at radius 1 is 1.13 bits per heavy atom. The van der Waals surface area contributed by atoms with E-state index in [1.807, 2.05) is 38.4 Å². The molecule has 7 nitrogen and oxygen atoms in total. The first-order chi connectivity index (χ1) is 14.5. The molecular formula is C21H23ClN4O3S. The standard InChI is InChI=1S/C21H23ClN4O3S/c1-26(2)12-3-13-28-18-10-8-17(9-11-18)23-19(27)14-30-21-25-24-20(29-21)15-4-6-16(22)7-5-15/h4-11H,3,12-14H2,1-2H3,(H,23,27). The van der Waals surface area contributed by atoms with Crippen LogP contribution in [0.25, 0.3) is 11.5 Å². The first-order valence-corrected chi connectivity index (χ1v) is 10.8. The van der Waals surface area contributed by atoms with Gasteiger partial charge in [0.2, 0.25) is 11.8 Å². The van der Waals surface area contributed by atoms with E-state index in [1.54, 1.807) is 24.3 Å². The molecule has 9 heteroatoms. The summed E-state index contributed by atoms with van der Waals surface area (Å²) in [4.78, 5) is 14.3. The molecular weight excluding hydrogens is 424 g/mol. The van der Waals surface area contributed by atoms with E-state index in [9.17, 15) is 4.79 Å². The van der Waals surface area contributed by atoms with Gasteiger partial charge in [-0.15, -0.1) is 10.2 Å². The molecule has 0 spiro atoms. The summed E-state index contributed by atoms with van der Waals surface area (Å²) in [6.07, 6.45) is 0.956. The second-order valence-corrected chi connectivity index (χ2v) is 8.11. The van der Waals surface area contributed by atoms with Crippen molar-refractivity contribution in [1.82, 2.24) is 15.1 Å². The largest absolute Gasteiger partial charge is 0.494 e. The summed E-state index contributed by atoms with van der Waals surface area (Å²) >= 11 is 7.06. The zero-order chi connectivity index (χ0) is 21.3. The molecule has 1 amide bonds. The number of amides is 1.